The van der Waals surface area contributed by atoms with Gasteiger partial charge in [-0.3, -0.25) is 4.79 Å². The van der Waals surface area contributed by atoms with Gasteiger partial charge in [0.05, 0.1) is 10.6 Å². The largest absolute Gasteiger partial charge is 0.501 e. The maximum Gasteiger partial charge on any atom is 0.501 e. The van der Waals surface area contributed by atoms with Crippen LogP contribution in [-0.2, 0) is 26.3 Å². The van der Waals surface area contributed by atoms with Gasteiger partial charge in [-0.25, -0.2) is 21.6 Å². The van der Waals surface area contributed by atoms with Crippen LogP contribution in [-0.4, -0.2) is 88.9 Å². The summed E-state index contributed by atoms with van der Waals surface area (Å²) in [4.78, 5) is 16.6. The highest BCUT2D eigenvalue weighted by atomic mass is 35.5. The fourth-order valence-electron chi connectivity index (χ4n) is 8.68. The van der Waals surface area contributed by atoms with Crippen LogP contribution >= 0.6 is 23.4 Å². The number of sulfone groups is 1. The van der Waals surface area contributed by atoms with E-state index in [0.717, 1.165) is 80.0 Å². The topological polar surface area (TPSA) is 136 Å². The number of sulfonamides is 1. The second-order valence-corrected chi connectivity index (χ2v) is 21.6. The number of nitrogens with zero attached hydrogens (tertiary/aromatic N) is 2. The van der Waals surface area contributed by atoms with Gasteiger partial charge in [0.1, 0.15) is 4.90 Å². The average molecular weight is 970 g/mol. The number of nitrogens with one attached hydrogen (secondary N) is 2. The summed E-state index contributed by atoms with van der Waals surface area (Å²) in [6.45, 7) is 3.00. The van der Waals surface area contributed by atoms with E-state index in [4.69, 9.17) is 11.6 Å². The predicted molar refractivity (Wildman–Crippen MR) is 252 cm³/mol. The fourth-order valence-corrected chi connectivity index (χ4v) is 11.8. The molecule has 0 aromatic heterocycles. The van der Waals surface area contributed by atoms with Crippen LogP contribution < -0.4 is 14.9 Å². The summed E-state index contributed by atoms with van der Waals surface area (Å²) in [6, 6.07) is 33.9. The molecule has 5 aromatic rings. The van der Waals surface area contributed by atoms with Crippen molar-refractivity contribution in [2.45, 2.75) is 77.2 Å². The number of halogens is 4. The number of alkyl halides is 3. The Bertz CT molecular complexity index is 2620. The summed E-state index contributed by atoms with van der Waals surface area (Å²) >= 11 is 7.57. The van der Waals surface area contributed by atoms with Crippen molar-refractivity contribution in [3.8, 4) is 11.1 Å². The summed E-state index contributed by atoms with van der Waals surface area (Å²) < 4.78 is 98.1. The van der Waals surface area contributed by atoms with Crippen LogP contribution in [0.1, 0.15) is 54.4 Å². The molecular weight excluding hydrogens is 917 g/mol. The Morgan fingerprint density at radius 1 is 0.846 bits per heavy atom. The van der Waals surface area contributed by atoms with E-state index >= 15 is 0 Å². The molecule has 2 aliphatic rings. The van der Waals surface area contributed by atoms with Crippen molar-refractivity contribution in [3.05, 3.63) is 137 Å². The summed E-state index contributed by atoms with van der Waals surface area (Å²) in [5.74, 6) is -0.219. The van der Waals surface area contributed by atoms with E-state index in [9.17, 15) is 39.9 Å². The van der Waals surface area contributed by atoms with Gasteiger partial charge in [0.25, 0.3) is 25.8 Å². The molecule has 2 atom stereocenters. The zero-order chi connectivity index (χ0) is 46.2. The van der Waals surface area contributed by atoms with Crippen LogP contribution in [0.25, 0.3) is 11.1 Å². The Hall–Kier alpha value is -4.58. The molecule has 0 spiro atoms. The molecule has 1 unspecified atom stereocenters. The third kappa shape index (κ3) is 12.3. The van der Waals surface area contributed by atoms with Crippen molar-refractivity contribution in [1.82, 2.24) is 9.62 Å². The molecular formula is C48H52ClF3N4O6S3. The molecule has 7 rings (SSSR count). The Morgan fingerprint density at radius 3 is 2.23 bits per heavy atom. The highest BCUT2D eigenvalue weighted by molar-refractivity contribution is 7.99. The first-order chi connectivity index (χ1) is 31.1. The third-order valence-corrected chi connectivity index (χ3v) is 16.4. The fraction of sp³-hybridized carbons (Fsp3) is 0.354. The van der Waals surface area contributed by atoms with Crippen molar-refractivity contribution in [2.75, 3.05) is 48.8 Å². The van der Waals surface area contributed by atoms with Gasteiger partial charge in [-0.15, -0.1) is 11.8 Å². The van der Waals surface area contributed by atoms with Gasteiger partial charge < -0.3 is 20.2 Å². The summed E-state index contributed by atoms with van der Waals surface area (Å²) in [5.41, 5.74) is -1.76. The maximum atomic E-state index is 14.2. The summed E-state index contributed by atoms with van der Waals surface area (Å²) in [6.07, 6.45) is 5.51. The van der Waals surface area contributed by atoms with Gasteiger partial charge in [-0.2, -0.15) is 13.2 Å². The van der Waals surface area contributed by atoms with Gasteiger partial charge in [0, 0.05) is 65.2 Å². The number of hydrogen-bond donors (Lipinski definition) is 3. The Balaban J connectivity index is 1.03. The highest BCUT2D eigenvalue weighted by Gasteiger charge is 2.48. The highest BCUT2D eigenvalue weighted by Crippen LogP contribution is 2.38. The van der Waals surface area contributed by atoms with Gasteiger partial charge in [0.2, 0.25) is 0 Å². The Morgan fingerprint density at radius 2 is 1.54 bits per heavy atom. The molecule has 2 fully saturated rings. The van der Waals surface area contributed by atoms with Crippen molar-refractivity contribution >= 4 is 60.5 Å². The van der Waals surface area contributed by atoms with E-state index in [2.05, 4.69) is 27.2 Å². The molecule has 0 saturated carbocycles. The van der Waals surface area contributed by atoms with E-state index in [-0.39, 0.29) is 18.2 Å². The van der Waals surface area contributed by atoms with Crippen molar-refractivity contribution in [1.29, 1.82) is 0 Å². The number of benzene rings is 5. The molecule has 3 N–H and O–H groups in total. The Labute approximate surface area is 388 Å². The monoisotopic (exact) mass is 968 g/mol. The van der Waals surface area contributed by atoms with Crippen LogP contribution in [0.2, 0.25) is 5.02 Å². The van der Waals surface area contributed by atoms with Crippen molar-refractivity contribution in [3.63, 3.8) is 0 Å². The van der Waals surface area contributed by atoms with Gasteiger partial charge in [-0.1, -0.05) is 66.2 Å². The standard InChI is InChI=1S/C48H52ClF3N4O6S3/c49-38-17-13-35(14-18-38)44-12-5-4-8-37(44)30-34-23-27-56(28-24-34)40-19-15-36(16-20-40)47(58)54-65(61,62)43-21-22-45(46(32-43)64(59,60)48(50,51)52)53-39(33-63-42-10-2-1-3-11-42)31-41-9-6-25-55(41)26-7-29-57/h1-5,8,10-22,32,34,39,41,53,57H,6-7,9,23-31,33H2,(H,54,58)/t39-,41?/m1/s1. The number of thioether (sulfide) groups is 1. The minimum absolute atomic E-state index is 0.00820. The number of aliphatic hydroxyl groups is 1. The third-order valence-electron chi connectivity index (χ3n) is 12.1. The van der Waals surface area contributed by atoms with E-state index in [0.29, 0.717) is 42.1 Å². The van der Waals surface area contributed by atoms with E-state index < -0.39 is 52.8 Å². The number of anilines is 2. The van der Waals surface area contributed by atoms with Crippen molar-refractivity contribution < 1.29 is 39.9 Å². The molecule has 65 heavy (non-hydrogen) atoms. The number of carbonyl (C=O) groups is 1. The molecule has 2 aliphatic heterocycles. The molecule has 0 aliphatic carbocycles. The van der Waals surface area contributed by atoms with Gasteiger partial charge >= 0.3 is 5.51 Å². The number of amides is 1. The number of carbonyl (C=O) groups excluding carboxylic acids is 1. The first-order valence-electron chi connectivity index (χ1n) is 21.6. The normalized spacial score (nSPS) is 16.9. The summed E-state index contributed by atoms with van der Waals surface area (Å²) in [7, 11) is -10.9. The smallest absolute Gasteiger partial charge is 0.396 e. The number of hydrogen-bond acceptors (Lipinski definition) is 10. The maximum absolute atomic E-state index is 14.2. The molecule has 17 heteroatoms. The lowest BCUT2D eigenvalue weighted by molar-refractivity contribution is -0.0435. The molecule has 0 bridgehead atoms. The Kier molecular flexibility index (Phi) is 15.9. The number of likely N-dealkylation sites (tertiary alicyclic amines) is 1. The zero-order valence-electron chi connectivity index (χ0n) is 35.6. The quantitative estimate of drug-likeness (QED) is 0.0729. The molecule has 2 saturated heterocycles. The molecule has 2 heterocycles. The number of rotatable bonds is 18. The van der Waals surface area contributed by atoms with Crippen LogP contribution in [0.5, 0.6) is 0 Å². The first-order valence-corrected chi connectivity index (χ1v) is 25.9. The second kappa shape index (κ2) is 21.4. The number of piperidine rings is 1. The lowest BCUT2D eigenvalue weighted by Gasteiger charge is -2.34. The molecule has 10 nitrogen and oxygen atoms in total. The van der Waals surface area contributed by atoms with Gasteiger partial charge in [0.15, 0.2) is 0 Å². The van der Waals surface area contributed by atoms with Gasteiger partial charge in [-0.05, 0) is 141 Å². The van der Waals surface area contributed by atoms with E-state index in [1.807, 2.05) is 71.5 Å². The number of aliphatic hydroxyl groups excluding tert-OH is 1. The van der Waals surface area contributed by atoms with Crippen molar-refractivity contribution in [2.24, 2.45) is 5.92 Å². The van der Waals surface area contributed by atoms with Crippen LogP contribution in [0.3, 0.4) is 0 Å². The van der Waals surface area contributed by atoms with Crippen LogP contribution in [0.4, 0.5) is 24.5 Å². The minimum Gasteiger partial charge on any atom is -0.396 e. The van der Waals surface area contributed by atoms with Crippen LogP contribution in [0.15, 0.2) is 136 Å². The molecule has 346 valence electrons. The molecule has 1 amide bonds. The minimum atomic E-state index is -6.08. The predicted octanol–water partition coefficient (Wildman–Crippen LogP) is 9.69. The summed E-state index contributed by atoms with van der Waals surface area (Å²) in [5, 5.41) is 13.1. The van der Waals surface area contributed by atoms with Crippen LogP contribution in [0, 0.1) is 5.92 Å². The average Bonchev–Trinajstić information content (AvgIpc) is 3.74. The zero-order valence-corrected chi connectivity index (χ0v) is 38.8. The lowest BCUT2D eigenvalue weighted by Crippen LogP contribution is -2.37. The van der Waals surface area contributed by atoms with E-state index in [1.165, 1.54) is 35.0 Å². The SMILES string of the molecule is O=C(NS(=O)(=O)c1ccc(N[C@@H](CSc2ccccc2)CC2CCCN2CCCO)c(S(=O)(=O)C(F)(F)F)c1)c1ccc(N2CCC(Cc3ccccc3-c3ccc(Cl)cc3)CC2)cc1. The molecule has 0 radical (unpaired) electrons. The second-order valence-electron chi connectivity index (χ2n) is 16.5. The first kappa shape index (κ1) is 48.4. The molecule has 5 aromatic carbocycles. The van der Waals surface area contributed by atoms with E-state index in [1.54, 1.807) is 12.1 Å². The lowest BCUT2D eigenvalue weighted by atomic mass is 9.87.